The van der Waals surface area contributed by atoms with Crippen LogP contribution in [-0.4, -0.2) is 23.9 Å². The Labute approximate surface area is 212 Å². The summed E-state index contributed by atoms with van der Waals surface area (Å²) in [6.45, 7) is 0.0198. The standard InChI is InChI=1S/C27H19F2NO6S/c1-34-20-11-18-19(12-21(20)35-2)30(13-14-6-8-15(28)9-7-14)26(32)22-23(31)25(27(33)36-24(18)22)37-17-5-3-4-16(29)10-17/h3-12,31H,13H2,1-2H3. The molecule has 7 nitrogen and oxygen atoms in total. The Morgan fingerprint density at radius 2 is 1.65 bits per heavy atom. The third kappa shape index (κ3) is 4.40. The Bertz CT molecular complexity index is 1780. The first-order valence-electron chi connectivity index (χ1n) is 11.0. The van der Waals surface area contributed by atoms with Crippen LogP contribution in [0.5, 0.6) is 17.2 Å². The highest BCUT2D eigenvalue weighted by Crippen LogP contribution is 2.40. The molecule has 0 saturated carbocycles. The first-order chi connectivity index (χ1) is 17.8. The molecule has 2 heterocycles. The van der Waals surface area contributed by atoms with Crippen LogP contribution >= 0.6 is 11.8 Å². The number of fused-ring (bicyclic) bond motifs is 3. The molecule has 0 unspecified atom stereocenters. The second-order valence-electron chi connectivity index (χ2n) is 8.07. The van der Waals surface area contributed by atoms with E-state index in [2.05, 4.69) is 0 Å². The molecule has 0 fully saturated rings. The molecule has 0 aliphatic rings. The largest absolute Gasteiger partial charge is 0.505 e. The molecule has 0 atom stereocenters. The van der Waals surface area contributed by atoms with E-state index in [0.717, 1.165) is 11.8 Å². The third-order valence-electron chi connectivity index (χ3n) is 5.83. The van der Waals surface area contributed by atoms with E-state index >= 15 is 0 Å². The van der Waals surface area contributed by atoms with Gasteiger partial charge in [-0.3, -0.25) is 4.79 Å². The molecule has 5 rings (SSSR count). The maximum Gasteiger partial charge on any atom is 0.354 e. The Kier molecular flexibility index (Phi) is 6.34. The van der Waals surface area contributed by atoms with Crippen LogP contribution in [-0.2, 0) is 6.54 Å². The quantitative estimate of drug-likeness (QED) is 0.302. The summed E-state index contributed by atoms with van der Waals surface area (Å²) in [5.41, 5.74) is -0.729. The van der Waals surface area contributed by atoms with Crippen molar-refractivity contribution in [3.05, 3.63) is 98.6 Å². The van der Waals surface area contributed by atoms with Crippen LogP contribution in [0.3, 0.4) is 0 Å². The number of hydrogen-bond donors (Lipinski definition) is 1. The fraction of sp³-hybridized carbons (Fsp3) is 0.111. The minimum absolute atomic E-state index is 0.0198. The van der Waals surface area contributed by atoms with Gasteiger partial charge < -0.3 is 23.6 Å². The molecule has 0 bridgehead atoms. The fourth-order valence-corrected chi connectivity index (χ4v) is 4.96. The molecule has 10 heteroatoms. The van der Waals surface area contributed by atoms with E-state index in [0.29, 0.717) is 32.9 Å². The van der Waals surface area contributed by atoms with Gasteiger partial charge in [-0.05, 0) is 42.0 Å². The van der Waals surface area contributed by atoms with Gasteiger partial charge in [0, 0.05) is 16.3 Å². The summed E-state index contributed by atoms with van der Waals surface area (Å²) < 4.78 is 44.9. The van der Waals surface area contributed by atoms with E-state index in [-0.39, 0.29) is 22.4 Å². The monoisotopic (exact) mass is 523 g/mol. The Morgan fingerprint density at radius 3 is 2.32 bits per heavy atom. The first kappa shape index (κ1) is 24.4. The molecule has 2 aromatic heterocycles. The Balaban J connectivity index is 1.83. The molecule has 37 heavy (non-hydrogen) atoms. The van der Waals surface area contributed by atoms with E-state index in [1.807, 2.05) is 0 Å². The normalized spacial score (nSPS) is 11.2. The van der Waals surface area contributed by atoms with Crippen LogP contribution < -0.4 is 20.7 Å². The van der Waals surface area contributed by atoms with Gasteiger partial charge in [0.2, 0.25) is 0 Å². The molecule has 0 spiro atoms. The molecule has 0 radical (unpaired) electrons. The Morgan fingerprint density at radius 1 is 0.946 bits per heavy atom. The van der Waals surface area contributed by atoms with Gasteiger partial charge in [0.25, 0.3) is 5.56 Å². The highest BCUT2D eigenvalue weighted by Gasteiger charge is 2.24. The predicted octanol–water partition coefficient (Wildman–Crippen LogP) is 5.31. The summed E-state index contributed by atoms with van der Waals surface area (Å²) in [5, 5.41) is 11.2. The molecule has 0 saturated heterocycles. The van der Waals surface area contributed by atoms with Crippen LogP contribution in [0, 0.1) is 11.6 Å². The Hall–Kier alpha value is -4.31. The number of nitrogens with zero attached hydrogens (tertiary/aromatic N) is 1. The third-order valence-corrected chi connectivity index (χ3v) is 6.88. The predicted molar refractivity (Wildman–Crippen MR) is 135 cm³/mol. The highest BCUT2D eigenvalue weighted by atomic mass is 32.2. The average molecular weight is 524 g/mol. The van der Waals surface area contributed by atoms with Crippen molar-refractivity contribution >= 4 is 33.6 Å². The lowest BCUT2D eigenvalue weighted by molar-refractivity contribution is 0.355. The number of pyridine rings is 1. The van der Waals surface area contributed by atoms with E-state index in [1.54, 1.807) is 18.2 Å². The van der Waals surface area contributed by atoms with Crippen molar-refractivity contribution in [2.24, 2.45) is 0 Å². The van der Waals surface area contributed by atoms with E-state index in [9.17, 15) is 23.5 Å². The van der Waals surface area contributed by atoms with Crippen molar-refractivity contribution in [3.8, 4) is 17.2 Å². The first-order valence-corrected chi connectivity index (χ1v) is 11.8. The van der Waals surface area contributed by atoms with Crippen molar-refractivity contribution in [3.63, 3.8) is 0 Å². The van der Waals surface area contributed by atoms with Gasteiger partial charge >= 0.3 is 5.63 Å². The smallest absolute Gasteiger partial charge is 0.354 e. The average Bonchev–Trinajstić information content (AvgIpc) is 2.89. The molecular weight excluding hydrogens is 504 g/mol. The van der Waals surface area contributed by atoms with Gasteiger partial charge in [0.1, 0.15) is 21.9 Å². The van der Waals surface area contributed by atoms with Crippen LogP contribution in [0.1, 0.15) is 5.56 Å². The number of benzene rings is 3. The molecule has 188 valence electrons. The van der Waals surface area contributed by atoms with E-state index in [1.165, 1.54) is 61.3 Å². The SMILES string of the molecule is COc1cc2c3oc(=O)c(Sc4cccc(F)c4)c(O)c3c(=O)n(Cc3ccc(F)cc3)c2cc1OC. The lowest BCUT2D eigenvalue weighted by Crippen LogP contribution is -2.23. The van der Waals surface area contributed by atoms with Gasteiger partial charge in [0.05, 0.1) is 26.3 Å². The lowest BCUT2D eigenvalue weighted by Gasteiger charge is -2.16. The summed E-state index contributed by atoms with van der Waals surface area (Å²) in [4.78, 5) is 26.8. The number of hydrogen-bond acceptors (Lipinski definition) is 7. The zero-order valence-electron chi connectivity index (χ0n) is 19.6. The summed E-state index contributed by atoms with van der Waals surface area (Å²) in [6.07, 6.45) is 0. The molecule has 0 aliphatic heterocycles. The highest BCUT2D eigenvalue weighted by molar-refractivity contribution is 7.99. The number of halogens is 2. The number of aromatic nitrogens is 1. The van der Waals surface area contributed by atoms with Crippen LogP contribution in [0.4, 0.5) is 8.78 Å². The summed E-state index contributed by atoms with van der Waals surface area (Å²) in [5.74, 6) is -0.905. The number of rotatable bonds is 6. The number of ether oxygens (including phenoxy) is 2. The van der Waals surface area contributed by atoms with Gasteiger partial charge in [-0.15, -0.1) is 0 Å². The van der Waals surface area contributed by atoms with E-state index in [4.69, 9.17) is 13.9 Å². The van der Waals surface area contributed by atoms with Crippen LogP contribution in [0.25, 0.3) is 21.9 Å². The van der Waals surface area contributed by atoms with Crippen molar-refractivity contribution in [2.75, 3.05) is 14.2 Å². The van der Waals surface area contributed by atoms with Crippen molar-refractivity contribution in [1.29, 1.82) is 0 Å². The molecule has 0 amide bonds. The zero-order chi connectivity index (χ0) is 26.3. The fourth-order valence-electron chi connectivity index (χ4n) is 4.08. The lowest BCUT2D eigenvalue weighted by atomic mass is 10.1. The van der Waals surface area contributed by atoms with Crippen molar-refractivity contribution in [1.82, 2.24) is 4.57 Å². The maximum absolute atomic E-state index is 13.8. The van der Waals surface area contributed by atoms with E-state index < -0.39 is 28.6 Å². The summed E-state index contributed by atoms with van der Waals surface area (Å²) >= 11 is 0.778. The second kappa shape index (κ2) is 9.62. The summed E-state index contributed by atoms with van der Waals surface area (Å²) in [6, 6.07) is 14.2. The minimum atomic E-state index is -0.897. The van der Waals surface area contributed by atoms with Crippen LogP contribution in [0.15, 0.2) is 84.5 Å². The molecule has 0 aliphatic carbocycles. The molecule has 5 aromatic rings. The van der Waals surface area contributed by atoms with Gasteiger partial charge in [-0.1, -0.05) is 30.0 Å². The van der Waals surface area contributed by atoms with Crippen molar-refractivity contribution < 1.29 is 27.8 Å². The number of methoxy groups -OCH3 is 2. The summed E-state index contributed by atoms with van der Waals surface area (Å²) in [7, 11) is 2.87. The minimum Gasteiger partial charge on any atom is -0.505 e. The topological polar surface area (TPSA) is 90.9 Å². The maximum atomic E-state index is 13.8. The molecule has 1 N–H and O–H groups in total. The van der Waals surface area contributed by atoms with Gasteiger partial charge in [0.15, 0.2) is 22.8 Å². The second-order valence-corrected chi connectivity index (χ2v) is 9.16. The zero-order valence-corrected chi connectivity index (χ0v) is 20.4. The molecule has 3 aromatic carbocycles. The van der Waals surface area contributed by atoms with Gasteiger partial charge in [-0.25, -0.2) is 13.6 Å². The van der Waals surface area contributed by atoms with Gasteiger partial charge in [-0.2, -0.15) is 0 Å². The number of aromatic hydroxyl groups is 1. The molecular formula is C27H19F2NO6S. The van der Waals surface area contributed by atoms with Crippen LogP contribution in [0.2, 0.25) is 0 Å². The van der Waals surface area contributed by atoms with Crippen molar-refractivity contribution in [2.45, 2.75) is 16.3 Å².